The molecular weight excluding hydrogens is 381 g/mol. The average molecular weight is 404 g/mol. The van der Waals surface area contributed by atoms with Gasteiger partial charge in [0.2, 0.25) is 11.8 Å². The predicted molar refractivity (Wildman–Crippen MR) is 91.6 cm³/mol. The fourth-order valence-electron chi connectivity index (χ4n) is 3.11. The molecule has 1 atom stereocenters. The van der Waals surface area contributed by atoms with Gasteiger partial charge in [-0.3, -0.25) is 4.79 Å². The zero-order valence-corrected chi connectivity index (χ0v) is 15.6. The molecule has 1 amide bonds. The van der Waals surface area contributed by atoms with Gasteiger partial charge in [0.1, 0.15) is 5.60 Å². The second kappa shape index (κ2) is 8.76. The van der Waals surface area contributed by atoms with Crippen molar-refractivity contribution in [2.75, 3.05) is 26.3 Å². The second-order valence-electron chi connectivity index (χ2n) is 7.03. The summed E-state index contributed by atoms with van der Waals surface area (Å²) < 4.78 is 43.4. The lowest BCUT2D eigenvalue weighted by atomic mass is 9.80. The molecule has 1 spiro atoms. The zero-order chi connectivity index (χ0) is 20.9. The molecule has 0 aliphatic carbocycles. The number of pyridine rings is 1. The maximum absolute atomic E-state index is 12.0. The van der Waals surface area contributed by atoms with Gasteiger partial charge in [0, 0.05) is 30.7 Å². The Morgan fingerprint density at radius 2 is 2.04 bits per heavy atom. The standard InChI is InChI=1S/C16H22N2O3.C2HF3O2/c1-12(2)15(19)18-10-16(11-18)13(6-8-21-16)9-20-14-5-3-4-7-17-14;3-2(4,5)1(6)7/h3-5,7,12-13H,6,8-11H2,1-2H3;(H,6,7). The zero-order valence-electron chi connectivity index (χ0n) is 15.6. The number of aromatic nitrogens is 1. The van der Waals surface area contributed by atoms with Crippen molar-refractivity contribution in [2.24, 2.45) is 11.8 Å². The van der Waals surface area contributed by atoms with Crippen molar-refractivity contribution in [3.63, 3.8) is 0 Å². The Morgan fingerprint density at radius 3 is 2.54 bits per heavy atom. The molecule has 1 N–H and O–H groups in total. The monoisotopic (exact) mass is 404 g/mol. The van der Waals surface area contributed by atoms with Crippen LogP contribution in [0.1, 0.15) is 20.3 Å². The molecule has 28 heavy (non-hydrogen) atoms. The number of carbonyl (C=O) groups excluding carboxylic acids is 1. The van der Waals surface area contributed by atoms with Crippen LogP contribution >= 0.6 is 0 Å². The molecule has 0 saturated carbocycles. The van der Waals surface area contributed by atoms with Crippen LogP contribution in [0.15, 0.2) is 24.4 Å². The Labute approximate surface area is 160 Å². The van der Waals surface area contributed by atoms with Crippen LogP contribution in [0.5, 0.6) is 5.88 Å². The van der Waals surface area contributed by atoms with E-state index in [1.165, 1.54) is 0 Å². The Balaban J connectivity index is 0.000000345. The van der Waals surface area contributed by atoms with E-state index in [2.05, 4.69) is 4.98 Å². The summed E-state index contributed by atoms with van der Waals surface area (Å²) in [5.74, 6) is -1.52. The Bertz CT molecular complexity index is 676. The number of hydrogen-bond acceptors (Lipinski definition) is 5. The van der Waals surface area contributed by atoms with Gasteiger partial charge in [-0.25, -0.2) is 9.78 Å². The molecule has 7 nitrogen and oxygen atoms in total. The molecule has 1 unspecified atom stereocenters. The fourth-order valence-corrected chi connectivity index (χ4v) is 3.11. The normalized spacial score (nSPS) is 20.4. The molecular formula is C18H23F3N2O5. The molecule has 0 bridgehead atoms. The first kappa shape index (κ1) is 21.9. The number of aliphatic carboxylic acids is 1. The van der Waals surface area contributed by atoms with E-state index in [1.807, 2.05) is 36.9 Å². The van der Waals surface area contributed by atoms with Gasteiger partial charge in [0.25, 0.3) is 0 Å². The minimum Gasteiger partial charge on any atom is -0.477 e. The van der Waals surface area contributed by atoms with Gasteiger partial charge >= 0.3 is 12.1 Å². The van der Waals surface area contributed by atoms with Gasteiger partial charge in [-0.05, 0) is 12.5 Å². The molecule has 2 fully saturated rings. The van der Waals surface area contributed by atoms with Gasteiger partial charge in [0.15, 0.2) is 0 Å². The van der Waals surface area contributed by atoms with Gasteiger partial charge in [0.05, 0.1) is 19.7 Å². The molecule has 156 valence electrons. The molecule has 2 aliphatic heterocycles. The summed E-state index contributed by atoms with van der Waals surface area (Å²) in [5, 5.41) is 7.12. The Kier molecular flexibility index (Phi) is 6.87. The number of carboxylic acids is 1. The van der Waals surface area contributed by atoms with Gasteiger partial charge in [-0.15, -0.1) is 0 Å². The highest BCUT2D eigenvalue weighted by atomic mass is 19.4. The van der Waals surface area contributed by atoms with E-state index >= 15 is 0 Å². The number of halogens is 3. The topological polar surface area (TPSA) is 89.0 Å². The minimum atomic E-state index is -5.08. The third-order valence-corrected chi connectivity index (χ3v) is 4.64. The van der Waals surface area contributed by atoms with E-state index in [-0.39, 0.29) is 17.4 Å². The van der Waals surface area contributed by atoms with Crippen LogP contribution in [0, 0.1) is 11.8 Å². The SMILES string of the molecule is CC(C)C(=O)N1CC2(C1)OCCC2COc1ccccn1.O=C(O)C(F)(F)F. The number of amides is 1. The first-order valence-corrected chi connectivity index (χ1v) is 8.82. The van der Waals surface area contributed by atoms with Crippen molar-refractivity contribution in [1.29, 1.82) is 0 Å². The number of carbonyl (C=O) groups is 2. The van der Waals surface area contributed by atoms with Crippen molar-refractivity contribution < 1.29 is 37.3 Å². The number of ether oxygens (including phenoxy) is 2. The van der Waals surface area contributed by atoms with E-state index < -0.39 is 12.1 Å². The van der Waals surface area contributed by atoms with E-state index in [1.54, 1.807) is 6.20 Å². The van der Waals surface area contributed by atoms with Crippen molar-refractivity contribution in [3.05, 3.63) is 24.4 Å². The largest absolute Gasteiger partial charge is 0.490 e. The van der Waals surface area contributed by atoms with Crippen LogP contribution in [0.4, 0.5) is 13.2 Å². The van der Waals surface area contributed by atoms with Crippen LogP contribution in [-0.2, 0) is 14.3 Å². The number of carboxylic acid groups (broad SMARTS) is 1. The molecule has 2 saturated heterocycles. The number of likely N-dealkylation sites (tertiary alicyclic amines) is 1. The summed E-state index contributed by atoms with van der Waals surface area (Å²) >= 11 is 0. The molecule has 3 heterocycles. The minimum absolute atomic E-state index is 0.0481. The number of hydrogen-bond donors (Lipinski definition) is 1. The lowest BCUT2D eigenvalue weighted by Crippen LogP contribution is -2.67. The Morgan fingerprint density at radius 1 is 1.39 bits per heavy atom. The van der Waals surface area contributed by atoms with Crippen LogP contribution < -0.4 is 4.74 Å². The molecule has 2 aliphatic rings. The average Bonchev–Trinajstić information content (AvgIpc) is 3.02. The Hall–Kier alpha value is -2.36. The lowest BCUT2D eigenvalue weighted by molar-refractivity contribution is -0.192. The quantitative estimate of drug-likeness (QED) is 0.829. The molecule has 1 aromatic heterocycles. The predicted octanol–water partition coefficient (Wildman–Crippen LogP) is 2.37. The summed E-state index contributed by atoms with van der Waals surface area (Å²) in [6.07, 6.45) is -2.38. The molecule has 3 rings (SSSR count). The van der Waals surface area contributed by atoms with Crippen molar-refractivity contribution in [3.8, 4) is 5.88 Å². The molecule has 1 aromatic rings. The smallest absolute Gasteiger partial charge is 0.477 e. The fraction of sp³-hybridized carbons (Fsp3) is 0.611. The summed E-state index contributed by atoms with van der Waals surface area (Å²) in [6, 6.07) is 5.64. The van der Waals surface area contributed by atoms with Crippen LogP contribution in [0.2, 0.25) is 0 Å². The second-order valence-corrected chi connectivity index (χ2v) is 7.03. The highest BCUT2D eigenvalue weighted by Gasteiger charge is 2.54. The number of rotatable bonds is 4. The van der Waals surface area contributed by atoms with Gasteiger partial charge in [-0.1, -0.05) is 19.9 Å². The van der Waals surface area contributed by atoms with Crippen LogP contribution in [-0.4, -0.2) is 64.9 Å². The van der Waals surface area contributed by atoms with E-state index in [9.17, 15) is 18.0 Å². The number of nitrogens with zero attached hydrogens (tertiary/aromatic N) is 2. The van der Waals surface area contributed by atoms with Crippen LogP contribution in [0.25, 0.3) is 0 Å². The first-order valence-electron chi connectivity index (χ1n) is 8.82. The number of alkyl halides is 3. The van der Waals surface area contributed by atoms with E-state index in [0.717, 1.165) is 13.0 Å². The van der Waals surface area contributed by atoms with E-state index in [0.29, 0.717) is 31.5 Å². The first-order chi connectivity index (χ1) is 13.0. The lowest BCUT2D eigenvalue weighted by Gasteiger charge is -2.50. The van der Waals surface area contributed by atoms with Crippen LogP contribution in [0.3, 0.4) is 0 Å². The van der Waals surface area contributed by atoms with E-state index in [4.69, 9.17) is 19.4 Å². The maximum atomic E-state index is 12.0. The van der Waals surface area contributed by atoms with Crippen molar-refractivity contribution in [1.82, 2.24) is 9.88 Å². The highest BCUT2D eigenvalue weighted by molar-refractivity contribution is 5.79. The molecule has 10 heteroatoms. The summed E-state index contributed by atoms with van der Waals surface area (Å²) in [6.45, 7) is 6.61. The van der Waals surface area contributed by atoms with Gasteiger partial charge in [-0.2, -0.15) is 13.2 Å². The van der Waals surface area contributed by atoms with Gasteiger partial charge < -0.3 is 19.5 Å². The summed E-state index contributed by atoms with van der Waals surface area (Å²) in [5.41, 5.74) is -0.195. The summed E-state index contributed by atoms with van der Waals surface area (Å²) in [4.78, 5) is 26.9. The van der Waals surface area contributed by atoms with Crippen molar-refractivity contribution in [2.45, 2.75) is 32.0 Å². The molecule has 0 radical (unpaired) electrons. The third-order valence-electron chi connectivity index (χ3n) is 4.64. The summed E-state index contributed by atoms with van der Waals surface area (Å²) in [7, 11) is 0. The third kappa shape index (κ3) is 5.34. The molecule has 0 aromatic carbocycles. The maximum Gasteiger partial charge on any atom is 0.490 e. The highest BCUT2D eigenvalue weighted by Crippen LogP contribution is 2.40. The van der Waals surface area contributed by atoms with Crippen molar-refractivity contribution >= 4 is 11.9 Å².